The fourth-order valence-corrected chi connectivity index (χ4v) is 6.45. The molecule has 9 nitrogen and oxygen atoms in total. The molecule has 0 bridgehead atoms. The molecule has 0 unspecified atom stereocenters. The number of thioether (sulfide) groups is 1. The monoisotopic (exact) mass is 471 g/mol. The van der Waals surface area contributed by atoms with Crippen molar-refractivity contribution >= 4 is 34.3 Å². The highest BCUT2D eigenvalue weighted by atomic mass is 32.2. The standard InChI is InChI=1S/C21H25N7O2S2/c1-5-11-6-7-13-12(8-11)9-14(32-13)17-24-25-21(28(17)4)31-10-15-22-18-16(26(15)2)19(29)23-20(30)27(18)3/h9,11H,5-8,10H2,1-4H3,(H,23,29,30)/t11-/m1/s1. The molecule has 1 atom stereocenters. The molecule has 0 saturated carbocycles. The van der Waals surface area contributed by atoms with Crippen molar-refractivity contribution in [3.05, 3.63) is 43.2 Å². The molecule has 0 radical (unpaired) electrons. The summed E-state index contributed by atoms with van der Waals surface area (Å²) in [7, 11) is 5.37. The Labute approximate surface area is 192 Å². The molecular formula is C21H25N7O2S2. The first kappa shape index (κ1) is 21.2. The van der Waals surface area contributed by atoms with Crippen molar-refractivity contribution in [3.8, 4) is 10.7 Å². The third-order valence-corrected chi connectivity index (χ3v) is 8.62. The molecular weight excluding hydrogens is 446 g/mol. The van der Waals surface area contributed by atoms with Crippen molar-refractivity contribution in [2.45, 2.75) is 43.5 Å². The summed E-state index contributed by atoms with van der Waals surface area (Å²) in [6.07, 6.45) is 4.83. The topological polar surface area (TPSA) is 103 Å². The molecule has 32 heavy (non-hydrogen) atoms. The SMILES string of the molecule is CC[C@@H]1CCc2sc(-c3nnc(SCc4nc5c(c(=O)[nH]c(=O)n5C)n4C)n3C)cc2C1. The van der Waals surface area contributed by atoms with Gasteiger partial charge in [-0.15, -0.1) is 21.5 Å². The van der Waals surface area contributed by atoms with Gasteiger partial charge in [-0.25, -0.2) is 9.78 Å². The van der Waals surface area contributed by atoms with Crippen LogP contribution in [0.5, 0.6) is 0 Å². The predicted molar refractivity (Wildman–Crippen MR) is 126 cm³/mol. The second kappa shape index (κ2) is 8.04. The molecule has 4 aromatic heterocycles. The average Bonchev–Trinajstić information content (AvgIpc) is 3.45. The van der Waals surface area contributed by atoms with Crippen LogP contribution in [0.1, 0.15) is 36.0 Å². The van der Waals surface area contributed by atoms with E-state index in [-0.39, 0.29) is 0 Å². The Kier molecular flexibility index (Phi) is 5.32. The zero-order chi connectivity index (χ0) is 22.6. The van der Waals surface area contributed by atoms with Gasteiger partial charge in [0.1, 0.15) is 5.82 Å². The van der Waals surface area contributed by atoms with Crippen LogP contribution in [0.4, 0.5) is 0 Å². The van der Waals surface area contributed by atoms with Crippen LogP contribution in [0.3, 0.4) is 0 Å². The second-order valence-electron chi connectivity index (χ2n) is 8.31. The van der Waals surface area contributed by atoms with Gasteiger partial charge in [0.05, 0.1) is 10.6 Å². The molecule has 0 amide bonds. The number of aryl methyl sites for hydroxylation is 3. The van der Waals surface area contributed by atoms with E-state index in [4.69, 9.17) is 0 Å². The van der Waals surface area contributed by atoms with Crippen LogP contribution in [0.25, 0.3) is 21.9 Å². The lowest BCUT2D eigenvalue weighted by Gasteiger charge is -2.19. The van der Waals surface area contributed by atoms with E-state index >= 15 is 0 Å². The maximum Gasteiger partial charge on any atom is 0.329 e. The first-order valence-electron chi connectivity index (χ1n) is 10.7. The molecule has 1 aliphatic rings. The van der Waals surface area contributed by atoms with E-state index in [1.165, 1.54) is 39.6 Å². The molecule has 0 aliphatic heterocycles. The van der Waals surface area contributed by atoms with Crippen molar-refractivity contribution in [1.29, 1.82) is 0 Å². The van der Waals surface area contributed by atoms with Crippen LogP contribution in [0.15, 0.2) is 20.8 Å². The molecule has 11 heteroatoms. The largest absolute Gasteiger partial charge is 0.329 e. The first-order chi connectivity index (χ1) is 15.4. The minimum Gasteiger partial charge on any atom is -0.325 e. The van der Waals surface area contributed by atoms with Crippen molar-refractivity contribution in [1.82, 2.24) is 33.9 Å². The Morgan fingerprint density at radius 3 is 2.78 bits per heavy atom. The summed E-state index contributed by atoms with van der Waals surface area (Å²) in [5, 5.41) is 9.65. The van der Waals surface area contributed by atoms with E-state index in [1.807, 2.05) is 23.0 Å². The Morgan fingerprint density at radius 2 is 2.00 bits per heavy atom. The third kappa shape index (κ3) is 3.43. The summed E-state index contributed by atoms with van der Waals surface area (Å²) < 4.78 is 5.10. The van der Waals surface area contributed by atoms with Crippen LogP contribution in [-0.4, -0.2) is 33.9 Å². The van der Waals surface area contributed by atoms with Gasteiger partial charge in [0.25, 0.3) is 5.56 Å². The number of H-pyrrole nitrogens is 1. The number of rotatable bonds is 5. The van der Waals surface area contributed by atoms with Gasteiger partial charge in [-0.1, -0.05) is 25.1 Å². The zero-order valence-electron chi connectivity index (χ0n) is 18.5. The number of imidazole rings is 1. The lowest BCUT2D eigenvalue weighted by Crippen LogP contribution is -2.29. The summed E-state index contributed by atoms with van der Waals surface area (Å²) >= 11 is 3.34. The van der Waals surface area contributed by atoms with Gasteiger partial charge in [0, 0.05) is 26.0 Å². The van der Waals surface area contributed by atoms with E-state index in [9.17, 15) is 9.59 Å². The Morgan fingerprint density at radius 1 is 1.19 bits per heavy atom. The smallest absolute Gasteiger partial charge is 0.325 e. The van der Waals surface area contributed by atoms with Gasteiger partial charge in [-0.3, -0.25) is 14.3 Å². The number of hydrogen-bond acceptors (Lipinski definition) is 7. The number of aromatic nitrogens is 7. The van der Waals surface area contributed by atoms with E-state index in [0.29, 0.717) is 22.7 Å². The van der Waals surface area contributed by atoms with E-state index in [2.05, 4.69) is 33.2 Å². The lowest BCUT2D eigenvalue weighted by atomic mass is 9.87. The minimum atomic E-state index is -0.471. The molecule has 0 fully saturated rings. The summed E-state index contributed by atoms with van der Waals surface area (Å²) in [5.41, 5.74) is 1.33. The van der Waals surface area contributed by atoms with Crippen LogP contribution >= 0.6 is 23.1 Å². The molecule has 1 aliphatic carbocycles. The molecule has 0 spiro atoms. The highest BCUT2D eigenvalue weighted by molar-refractivity contribution is 7.98. The summed E-state index contributed by atoms with van der Waals surface area (Å²) in [6, 6.07) is 2.29. The first-order valence-corrected chi connectivity index (χ1v) is 12.5. The zero-order valence-corrected chi connectivity index (χ0v) is 20.1. The molecule has 1 N–H and O–H groups in total. The molecule has 168 valence electrons. The average molecular weight is 472 g/mol. The summed E-state index contributed by atoms with van der Waals surface area (Å²) in [4.78, 5) is 33.6. The van der Waals surface area contributed by atoms with Crippen molar-refractivity contribution in [2.24, 2.45) is 27.1 Å². The van der Waals surface area contributed by atoms with Crippen molar-refractivity contribution in [3.63, 3.8) is 0 Å². The number of nitrogens with one attached hydrogen (secondary N) is 1. The number of fused-ring (bicyclic) bond motifs is 2. The highest BCUT2D eigenvalue weighted by Gasteiger charge is 2.23. The molecule has 4 heterocycles. The van der Waals surface area contributed by atoms with Crippen molar-refractivity contribution < 1.29 is 0 Å². The number of hydrogen-bond donors (Lipinski definition) is 1. The highest BCUT2D eigenvalue weighted by Crippen LogP contribution is 2.38. The fourth-order valence-electron chi connectivity index (χ4n) is 4.32. The van der Waals surface area contributed by atoms with Gasteiger partial charge < -0.3 is 9.13 Å². The molecule has 0 aromatic carbocycles. The van der Waals surface area contributed by atoms with Crippen LogP contribution in [-0.2, 0) is 39.7 Å². The summed E-state index contributed by atoms with van der Waals surface area (Å²) in [5.74, 6) is 2.86. The molecule has 0 saturated heterocycles. The Hall–Kier alpha value is -2.66. The number of nitrogens with zero attached hydrogens (tertiary/aromatic N) is 6. The Balaban J connectivity index is 1.40. The maximum atomic E-state index is 12.2. The van der Waals surface area contributed by atoms with Crippen LogP contribution < -0.4 is 11.2 Å². The van der Waals surface area contributed by atoms with E-state index in [0.717, 1.165) is 34.6 Å². The lowest BCUT2D eigenvalue weighted by molar-refractivity contribution is 0.449. The third-order valence-electron chi connectivity index (χ3n) is 6.38. The normalized spacial score (nSPS) is 16.1. The van der Waals surface area contributed by atoms with Gasteiger partial charge in [0.2, 0.25) is 0 Å². The molecule has 5 rings (SSSR count). The fraction of sp³-hybridized carbons (Fsp3) is 0.476. The molecule has 4 aromatic rings. The van der Waals surface area contributed by atoms with Crippen molar-refractivity contribution in [2.75, 3.05) is 0 Å². The van der Waals surface area contributed by atoms with Crippen LogP contribution in [0.2, 0.25) is 0 Å². The van der Waals surface area contributed by atoms with E-state index in [1.54, 1.807) is 18.7 Å². The van der Waals surface area contributed by atoms with Gasteiger partial charge in [-0.2, -0.15) is 0 Å². The quantitative estimate of drug-likeness (QED) is 0.449. The minimum absolute atomic E-state index is 0.380. The number of aromatic amines is 1. The van der Waals surface area contributed by atoms with Gasteiger partial charge in [-0.05, 0) is 36.8 Å². The predicted octanol–water partition coefficient (Wildman–Crippen LogP) is 2.62. The second-order valence-corrected chi connectivity index (χ2v) is 10.4. The maximum absolute atomic E-state index is 12.2. The van der Waals surface area contributed by atoms with Gasteiger partial charge in [0.15, 0.2) is 22.1 Å². The van der Waals surface area contributed by atoms with Gasteiger partial charge >= 0.3 is 5.69 Å². The van der Waals surface area contributed by atoms with E-state index < -0.39 is 11.2 Å². The van der Waals surface area contributed by atoms with Crippen LogP contribution in [0, 0.1) is 5.92 Å². The Bertz CT molecular complexity index is 1440. The summed E-state index contributed by atoms with van der Waals surface area (Å²) in [6.45, 7) is 2.27. The number of thiophene rings is 1.